The molecule has 0 heterocycles. The van der Waals surface area contributed by atoms with E-state index in [4.69, 9.17) is 4.99 Å². The Balaban J connectivity index is 0.00000392. The van der Waals surface area contributed by atoms with Gasteiger partial charge in [0.2, 0.25) is 0 Å². The highest BCUT2D eigenvalue weighted by atomic mass is 127. The van der Waals surface area contributed by atoms with E-state index < -0.39 is 9.84 Å². The van der Waals surface area contributed by atoms with Gasteiger partial charge in [0.25, 0.3) is 0 Å². The lowest BCUT2D eigenvalue weighted by Crippen LogP contribution is -2.42. The van der Waals surface area contributed by atoms with Crippen molar-refractivity contribution in [2.24, 2.45) is 16.8 Å². The van der Waals surface area contributed by atoms with Crippen LogP contribution in [-0.2, 0) is 16.3 Å². The molecule has 0 amide bonds. The van der Waals surface area contributed by atoms with Crippen molar-refractivity contribution in [1.29, 1.82) is 0 Å². The smallest absolute Gasteiger partial charge is 0.193 e. The van der Waals surface area contributed by atoms with Crippen molar-refractivity contribution < 1.29 is 8.42 Å². The molecule has 160 valence electrons. The summed E-state index contributed by atoms with van der Waals surface area (Å²) in [5, 5.41) is 3.39. The standard InChI is InChI=1S/C21H35N3O2S.HI/c1-5-22-21(24(3)16-19-8-6-17(2)7-9-19)23-15-14-18-10-12-20(13-11-18)27(4,25)26;/h10-13,17,19H,5-9,14-16H2,1-4H3,(H,22,23);1H. The van der Waals surface area contributed by atoms with E-state index in [9.17, 15) is 8.42 Å². The highest BCUT2D eigenvalue weighted by molar-refractivity contribution is 14.0. The molecule has 1 N–H and O–H groups in total. The molecule has 1 aromatic rings. The van der Waals surface area contributed by atoms with Crippen LogP contribution in [0.25, 0.3) is 0 Å². The van der Waals surface area contributed by atoms with Crippen molar-refractivity contribution in [3.63, 3.8) is 0 Å². The van der Waals surface area contributed by atoms with Crippen molar-refractivity contribution in [3.05, 3.63) is 29.8 Å². The van der Waals surface area contributed by atoms with Gasteiger partial charge in [0, 0.05) is 32.9 Å². The molecule has 0 atom stereocenters. The number of hydrogen-bond acceptors (Lipinski definition) is 3. The first-order chi connectivity index (χ1) is 12.8. The van der Waals surface area contributed by atoms with E-state index >= 15 is 0 Å². The molecule has 1 aliphatic rings. The minimum absolute atomic E-state index is 0. The number of guanidine groups is 1. The fraction of sp³-hybridized carbons (Fsp3) is 0.667. The first-order valence-corrected chi connectivity index (χ1v) is 12.0. The molecule has 1 saturated carbocycles. The maximum Gasteiger partial charge on any atom is 0.193 e. The number of halogens is 1. The van der Waals surface area contributed by atoms with E-state index in [0.29, 0.717) is 11.4 Å². The number of nitrogens with one attached hydrogen (secondary N) is 1. The zero-order valence-electron chi connectivity index (χ0n) is 17.6. The summed E-state index contributed by atoms with van der Waals surface area (Å²) >= 11 is 0. The Morgan fingerprint density at radius 3 is 2.32 bits per heavy atom. The van der Waals surface area contributed by atoms with E-state index in [2.05, 4.69) is 31.1 Å². The highest BCUT2D eigenvalue weighted by Gasteiger charge is 2.20. The van der Waals surface area contributed by atoms with Crippen molar-refractivity contribution in [1.82, 2.24) is 10.2 Å². The van der Waals surface area contributed by atoms with Gasteiger partial charge in [-0.05, 0) is 55.7 Å². The van der Waals surface area contributed by atoms with Gasteiger partial charge in [-0.3, -0.25) is 4.99 Å². The number of hydrogen-bond donors (Lipinski definition) is 1. The van der Waals surface area contributed by atoms with E-state index in [0.717, 1.165) is 42.9 Å². The molecular formula is C21H36IN3O2S. The van der Waals surface area contributed by atoms with E-state index in [1.165, 1.54) is 31.9 Å². The lowest BCUT2D eigenvalue weighted by atomic mass is 9.83. The molecule has 0 aromatic heterocycles. The molecule has 0 radical (unpaired) electrons. The fourth-order valence-corrected chi connectivity index (χ4v) is 4.28. The molecule has 0 spiro atoms. The van der Waals surface area contributed by atoms with Gasteiger partial charge < -0.3 is 10.2 Å². The van der Waals surface area contributed by atoms with Gasteiger partial charge in [-0.1, -0.05) is 31.9 Å². The monoisotopic (exact) mass is 521 g/mol. The van der Waals surface area contributed by atoms with Gasteiger partial charge >= 0.3 is 0 Å². The maximum atomic E-state index is 11.5. The van der Waals surface area contributed by atoms with Crippen molar-refractivity contribution in [2.75, 3.05) is 32.9 Å². The normalized spacial score (nSPS) is 20.4. The second-order valence-corrected chi connectivity index (χ2v) is 9.92. The Labute approximate surface area is 188 Å². The van der Waals surface area contributed by atoms with Crippen molar-refractivity contribution in [3.8, 4) is 0 Å². The Bertz CT molecular complexity index is 712. The van der Waals surface area contributed by atoms with E-state index in [-0.39, 0.29) is 24.0 Å². The summed E-state index contributed by atoms with van der Waals surface area (Å²) in [6, 6.07) is 7.11. The summed E-state index contributed by atoms with van der Waals surface area (Å²) in [6.45, 7) is 7.05. The molecule has 0 unspecified atom stereocenters. The Kier molecular flexibility index (Phi) is 10.8. The van der Waals surface area contributed by atoms with Crippen LogP contribution >= 0.6 is 24.0 Å². The van der Waals surface area contributed by atoms with Crippen molar-refractivity contribution >= 4 is 39.8 Å². The van der Waals surface area contributed by atoms with Gasteiger partial charge in [-0.2, -0.15) is 0 Å². The molecule has 2 rings (SSSR count). The van der Waals surface area contributed by atoms with Gasteiger partial charge in [-0.15, -0.1) is 24.0 Å². The SMILES string of the molecule is CCNC(=NCCc1ccc(S(C)(=O)=O)cc1)N(C)CC1CCC(C)CC1.I. The third-order valence-corrected chi connectivity index (χ3v) is 6.51. The first-order valence-electron chi connectivity index (χ1n) is 10.1. The topological polar surface area (TPSA) is 61.8 Å². The molecule has 0 bridgehead atoms. The zero-order valence-corrected chi connectivity index (χ0v) is 20.8. The number of nitrogens with zero attached hydrogens (tertiary/aromatic N) is 2. The number of aliphatic imine (C=N–C) groups is 1. The van der Waals surface area contributed by atoms with Crippen LogP contribution in [-0.4, -0.2) is 52.2 Å². The average Bonchev–Trinajstić information content (AvgIpc) is 2.62. The lowest BCUT2D eigenvalue weighted by Gasteiger charge is -2.31. The summed E-state index contributed by atoms with van der Waals surface area (Å²) in [5.74, 6) is 2.60. The van der Waals surface area contributed by atoms with Crippen LogP contribution in [0.4, 0.5) is 0 Å². The van der Waals surface area contributed by atoms with Crippen LogP contribution in [0.2, 0.25) is 0 Å². The predicted molar refractivity (Wildman–Crippen MR) is 128 cm³/mol. The number of sulfone groups is 1. The molecule has 1 aliphatic carbocycles. The zero-order chi connectivity index (χ0) is 19.9. The molecule has 0 aliphatic heterocycles. The fourth-order valence-electron chi connectivity index (χ4n) is 3.65. The highest BCUT2D eigenvalue weighted by Crippen LogP contribution is 2.28. The molecule has 28 heavy (non-hydrogen) atoms. The molecule has 5 nitrogen and oxygen atoms in total. The van der Waals surface area contributed by atoms with Gasteiger partial charge in [-0.25, -0.2) is 8.42 Å². The largest absolute Gasteiger partial charge is 0.357 e. The summed E-state index contributed by atoms with van der Waals surface area (Å²) in [6.07, 6.45) is 7.35. The Morgan fingerprint density at radius 1 is 1.18 bits per heavy atom. The summed E-state index contributed by atoms with van der Waals surface area (Å²) in [4.78, 5) is 7.40. The third kappa shape index (κ3) is 8.27. The van der Waals surface area contributed by atoms with Crippen LogP contribution in [0.3, 0.4) is 0 Å². The van der Waals surface area contributed by atoms with Crippen LogP contribution in [0, 0.1) is 11.8 Å². The number of rotatable bonds is 7. The van der Waals surface area contributed by atoms with Crippen LogP contribution in [0.5, 0.6) is 0 Å². The Morgan fingerprint density at radius 2 is 1.79 bits per heavy atom. The molecule has 1 fully saturated rings. The minimum atomic E-state index is -3.13. The van der Waals surface area contributed by atoms with E-state index in [1.54, 1.807) is 12.1 Å². The summed E-state index contributed by atoms with van der Waals surface area (Å²) in [5.41, 5.74) is 1.10. The quantitative estimate of drug-likeness (QED) is 0.335. The first kappa shape index (κ1) is 25.2. The van der Waals surface area contributed by atoms with Crippen LogP contribution < -0.4 is 5.32 Å². The minimum Gasteiger partial charge on any atom is -0.357 e. The second-order valence-electron chi connectivity index (χ2n) is 7.91. The third-order valence-electron chi connectivity index (χ3n) is 5.38. The summed E-state index contributed by atoms with van der Waals surface area (Å²) < 4.78 is 23.1. The van der Waals surface area contributed by atoms with Crippen LogP contribution in [0.1, 0.15) is 45.1 Å². The molecule has 0 saturated heterocycles. The molecule has 1 aromatic carbocycles. The average molecular weight is 522 g/mol. The van der Waals surface area contributed by atoms with Crippen LogP contribution in [0.15, 0.2) is 34.2 Å². The summed E-state index contributed by atoms with van der Waals surface area (Å²) in [7, 11) is -1.01. The Hall–Kier alpha value is -0.830. The number of benzene rings is 1. The maximum absolute atomic E-state index is 11.5. The van der Waals surface area contributed by atoms with E-state index in [1.807, 2.05) is 12.1 Å². The van der Waals surface area contributed by atoms with Crippen molar-refractivity contribution in [2.45, 2.75) is 50.8 Å². The predicted octanol–water partition coefficient (Wildman–Crippen LogP) is 3.97. The second kappa shape index (κ2) is 12.0. The van der Waals surface area contributed by atoms with Gasteiger partial charge in [0.05, 0.1) is 4.90 Å². The lowest BCUT2D eigenvalue weighted by molar-refractivity contribution is 0.250. The molecular weight excluding hydrogens is 485 g/mol. The molecule has 7 heteroatoms. The van der Waals surface area contributed by atoms with Gasteiger partial charge in [0.1, 0.15) is 0 Å². The van der Waals surface area contributed by atoms with Gasteiger partial charge in [0.15, 0.2) is 15.8 Å².